The third-order valence-electron chi connectivity index (χ3n) is 3.22. The van der Waals surface area contributed by atoms with Crippen molar-refractivity contribution in [2.75, 3.05) is 11.9 Å². The summed E-state index contributed by atoms with van der Waals surface area (Å²) in [6, 6.07) is 7.84. The Hall–Kier alpha value is -2.30. The predicted molar refractivity (Wildman–Crippen MR) is 71.0 cm³/mol. The van der Waals surface area contributed by atoms with Crippen molar-refractivity contribution in [2.24, 2.45) is 13.0 Å². The molecule has 1 aromatic carbocycles. The van der Waals surface area contributed by atoms with Gasteiger partial charge in [0.25, 0.3) is 0 Å². The monoisotopic (exact) mass is 257 g/mol. The third kappa shape index (κ3) is 2.45. The van der Waals surface area contributed by atoms with Crippen LogP contribution in [-0.2, 0) is 18.3 Å². The molecule has 19 heavy (non-hydrogen) atoms. The van der Waals surface area contributed by atoms with Crippen LogP contribution in [0, 0.1) is 5.92 Å². The Balaban J connectivity index is 1.69. The Morgan fingerprint density at radius 3 is 3.11 bits per heavy atom. The first-order valence-electron chi connectivity index (χ1n) is 6.22. The number of rotatable bonds is 2. The van der Waals surface area contributed by atoms with Gasteiger partial charge in [0, 0.05) is 13.2 Å². The molecule has 0 saturated carbocycles. The fourth-order valence-corrected chi connectivity index (χ4v) is 2.23. The van der Waals surface area contributed by atoms with Gasteiger partial charge in [-0.05, 0) is 18.1 Å². The van der Waals surface area contributed by atoms with E-state index in [1.165, 1.54) is 0 Å². The molecule has 1 unspecified atom stereocenters. The van der Waals surface area contributed by atoms with Crippen LogP contribution < -0.4 is 10.1 Å². The van der Waals surface area contributed by atoms with E-state index in [-0.39, 0.29) is 11.8 Å². The number of aromatic nitrogens is 2. The van der Waals surface area contributed by atoms with Crippen molar-refractivity contribution in [3.05, 3.63) is 42.2 Å². The van der Waals surface area contributed by atoms with Gasteiger partial charge in [-0.25, -0.2) is 0 Å². The number of ether oxygens (including phenoxy) is 1. The number of anilines is 1. The Labute approximate surface area is 111 Å². The summed E-state index contributed by atoms with van der Waals surface area (Å²) in [7, 11) is 1.82. The average Bonchev–Trinajstić information content (AvgIpc) is 2.83. The molecule has 3 rings (SSSR count). The van der Waals surface area contributed by atoms with Crippen LogP contribution in [0.15, 0.2) is 36.7 Å². The van der Waals surface area contributed by atoms with Crippen LogP contribution in [0.4, 0.5) is 5.69 Å². The molecule has 2 heterocycles. The second kappa shape index (κ2) is 4.76. The minimum atomic E-state index is -0.157. The number of carbonyl (C=O) groups is 1. The Bertz CT molecular complexity index is 606. The van der Waals surface area contributed by atoms with E-state index in [0.29, 0.717) is 18.7 Å². The van der Waals surface area contributed by atoms with E-state index < -0.39 is 0 Å². The number of benzene rings is 1. The molecule has 1 aliphatic rings. The number of carbonyl (C=O) groups excluding carboxylic acids is 1. The number of amides is 1. The number of fused-ring (bicyclic) bond motifs is 1. The molecule has 1 atom stereocenters. The fourth-order valence-electron chi connectivity index (χ4n) is 2.23. The molecule has 0 bridgehead atoms. The average molecular weight is 257 g/mol. The van der Waals surface area contributed by atoms with Gasteiger partial charge in [-0.3, -0.25) is 9.48 Å². The van der Waals surface area contributed by atoms with Crippen molar-refractivity contribution in [3.8, 4) is 5.75 Å². The summed E-state index contributed by atoms with van der Waals surface area (Å²) in [5, 5.41) is 6.88. The van der Waals surface area contributed by atoms with Gasteiger partial charge in [0.1, 0.15) is 12.4 Å². The van der Waals surface area contributed by atoms with Crippen LogP contribution >= 0.6 is 0 Å². The lowest BCUT2D eigenvalue weighted by atomic mass is 9.96. The SMILES string of the molecule is Cn1cc(NC(=O)C2COc3ccccc3C2)cn1. The van der Waals surface area contributed by atoms with Crippen LogP contribution in [0.5, 0.6) is 5.75 Å². The normalized spacial score (nSPS) is 17.4. The van der Waals surface area contributed by atoms with Crippen molar-refractivity contribution in [1.82, 2.24) is 9.78 Å². The second-order valence-corrected chi connectivity index (χ2v) is 4.71. The van der Waals surface area contributed by atoms with Gasteiger partial charge in [-0.15, -0.1) is 0 Å². The largest absolute Gasteiger partial charge is 0.492 e. The van der Waals surface area contributed by atoms with Gasteiger partial charge in [0.15, 0.2) is 0 Å². The zero-order valence-electron chi connectivity index (χ0n) is 10.7. The molecule has 1 N–H and O–H groups in total. The summed E-state index contributed by atoms with van der Waals surface area (Å²) < 4.78 is 7.27. The number of hydrogen-bond donors (Lipinski definition) is 1. The number of nitrogens with zero attached hydrogens (tertiary/aromatic N) is 2. The van der Waals surface area contributed by atoms with Crippen molar-refractivity contribution in [1.29, 1.82) is 0 Å². The van der Waals surface area contributed by atoms with Gasteiger partial charge >= 0.3 is 0 Å². The topological polar surface area (TPSA) is 56.2 Å². The summed E-state index contributed by atoms with van der Waals surface area (Å²) in [6.07, 6.45) is 4.12. The summed E-state index contributed by atoms with van der Waals surface area (Å²) in [4.78, 5) is 12.2. The maximum atomic E-state index is 12.2. The van der Waals surface area contributed by atoms with Crippen LogP contribution in [0.1, 0.15) is 5.56 Å². The highest BCUT2D eigenvalue weighted by Gasteiger charge is 2.25. The van der Waals surface area contributed by atoms with Crippen molar-refractivity contribution in [3.63, 3.8) is 0 Å². The number of aryl methyl sites for hydroxylation is 1. The zero-order chi connectivity index (χ0) is 13.2. The first kappa shape index (κ1) is 11.8. The summed E-state index contributed by atoms with van der Waals surface area (Å²) >= 11 is 0. The molecule has 2 aromatic rings. The van der Waals surface area contributed by atoms with Gasteiger partial charge in [-0.2, -0.15) is 5.10 Å². The molecule has 0 fully saturated rings. The van der Waals surface area contributed by atoms with E-state index in [4.69, 9.17) is 4.74 Å². The molecular weight excluding hydrogens is 242 g/mol. The molecule has 1 aromatic heterocycles. The number of nitrogens with one attached hydrogen (secondary N) is 1. The molecule has 0 spiro atoms. The smallest absolute Gasteiger partial charge is 0.231 e. The van der Waals surface area contributed by atoms with Crippen molar-refractivity contribution < 1.29 is 9.53 Å². The lowest BCUT2D eigenvalue weighted by Crippen LogP contribution is -2.32. The van der Waals surface area contributed by atoms with Crippen LogP contribution in [0.25, 0.3) is 0 Å². The Morgan fingerprint density at radius 1 is 1.47 bits per heavy atom. The van der Waals surface area contributed by atoms with Crippen molar-refractivity contribution in [2.45, 2.75) is 6.42 Å². The Morgan fingerprint density at radius 2 is 2.32 bits per heavy atom. The van der Waals surface area contributed by atoms with E-state index in [0.717, 1.165) is 11.3 Å². The highest BCUT2D eigenvalue weighted by molar-refractivity contribution is 5.92. The standard InChI is InChI=1S/C14H15N3O2/c1-17-8-12(7-15-17)16-14(18)11-6-10-4-2-3-5-13(10)19-9-11/h2-5,7-8,11H,6,9H2,1H3,(H,16,18). The van der Waals surface area contributed by atoms with E-state index in [9.17, 15) is 4.79 Å². The molecule has 0 saturated heterocycles. The zero-order valence-corrected chi connectivity index (χ0v) is 10.7. The summed E-state index contributed by atoms with van der Waals surface area (Å²) in [5.74, 6) is 0.700. The first-order valence-corrected chi connectivity index (χ1v) is 6.22. The highest BCUT2D eigenvalue weighted by atomic mass is 16.5. The highest BCUT2D eigenvalue weighted by Crippen LogP contribution is 2.27. The summed E-state index contributed by atoms with van der Waals surface area (Å²) in [5.41, 5.74) is 1.80. The minimum Gasteiger partial charge on any atom is -0.492 e. The number of hydrogen-bond acceptors (Lipinski definition) is 3. The summed E-state index contributed by atoms with van der Waals surface area (Å²) in [6.45, 7) is 0.420. The number of para-hydroxylation sites is 1. The fraction of sp³-hybridized carbons (Fsp3) is 0.286. The Kier molecular flexibility index (Phi) is 2.95. The van der Waals surface area contributed by atoms with E-state index >= 15 is 0 Å². The molecule has 98 valence electrons. The maximum Gasteiger partial charge on any atom is 0.231 e. The lowest BCUT2D eigenvalue weighted by Gasteiger charge is -2.24. The van der Waals surface area contributed by atoms with Gasteiger partial charge in [0.05, 0.1) is 17.8 Å². The quantitative estimate of drug-likeness (QED) is 0.889. The molecular formula is C14H15N3O2. The second-order valence-electron chi connectivity index (χ2n) is 4.71. The van der Waals surface area contributed by atoms with Gasteiger partial charge in [-0.1, -0.05) is 18.2 Å². The maximum absolute atomic E-state index is 12.2. The van der Waals surface area contributed by atoms with Crippen molar-refractivity contribution >= 4 is 11.6 Å². The molecule has 5 nitrogen and oxygen atoms in total. The van der Waals surface area contributed by atoms with Crippen LogP contribution in [-0.4, -0.2) is 22.3 Å². The van der Waals surface area contributed by atoms with E-state index in [1.54, 1.807) is 17.1 Å². The van der Waals surface area contributed by atoms with E-state index in [1.807, 2.05) is 31.3 Å². The third-order valence-corrected chi connectivity index (χ3v) is 3.22. The molecule has 0 radical (unpaired) electrons. The lowest BCUT2D eigenvalue weighted by molar-refractivity contribution is -0.121. The van der Waals surface area contributed by atoms with E-state index in [2.05, 4.69) is 10.4 Å². The van der Waals surface area contributed by atoms with Crippen LogP contribution in [0.2, 0.25) is 0 Å². The van der Waals surface area contributed by atoms with Gasteiger partial charge in [0.2, 0.25) is 5.91 Å². The minimum absolute atomic E-state index is 0.0255. The molecule has 1 amide bonds. The van der Waals surface area contributed by atoms with Gasteiger partial charge < -0.3 is 10.1 Å². The molecule has 0 aliphatic carbocycles. The molecule has 5 heteroatoms. The predicted octanol–water partition coefficient (Wildman–Crippen LogP) is 1.61. The molecule has 1 aliphatic heterocycles. The first-order chi connectivity index (χ1) is 9.22. The van der Waals surface area contributed by atoms with Crippen LogP contribution in [0.3, 0.4) is 0 Å².